The third-order valence-electron chi connectivity index (χ3n) is 2.47. The van der Waals surface area contributed by atoms with E-state index in [1.807, 2.05) is 27.7 Å². The molecule has 1 N–H and O–H groups in total. The number of ether oxygens (including phenoxy) is 1. The Balaban J connectivity index is 4.44. The Bertz CT molecular complexity index is 269. The average Bonchev–Trinajstić information content (AvgIpc) is 2.12. The largest absolute Gasteiger partial charge is 0.469 e. The second kappa shape index (κ2) is 5.32. The minimum Gasteiger partial charge on any atom is -0.469 e. The Labute approximate surface area is 97.7 Å². The number of hydrogen-bond acceptors (Lipinski definition) is 3. The van der Waals surface area contributed by atoms with Gasteiger partial charge in [-0.05, 0) is 25.7 Å². The SMILES string of the molecule is COC(=O)C(C)(C)CC(C)(C)CNC(C)=O. The normalized spacial score (nSPS) is 12.1. The molecule has 0 aromatic rings. The van der Waals surface area contributed by atoms with Crippen molar-refractivity contribution in [3.05, 3.63) is 0 Å². The van der Waals surface area contributed by atoms with Crippen LogP contribution in [0.25, 0.3) is 0 Å². The first-order valence-corrected chi connectivity index (χ1v) is 5.43. The van der Waals surface area contributed by atoms with Gasteiger partial charge in [0.1, 0.15) is 0 Å². The Hall–Kier alpha value is -1.06. The molecule has 0 spiro atoms. The van der Waals surface area contributed by atoms with Gasteiger partial charge in [0.05, 0.1) is 12.5 Å². The van der Waals surface area contributed by atoms with E-state index >= 15 is 0 Å². The van der Waals surface area contributed by atoms with E-state index in [1.165, 1.54) is 14.0 Å². The van der Waals surface area contributed by atoms with E-state index in [-0.39, 0.29) is 17.3 Å². The van der Waals surface area contributed by atoms with Crippen LogP contribution in [0, 0.1) is 10.8 Å². The molecule has 0 aliphatic rings. The van der Waals surface area contributed by atoms with E-state index in [1.54, 1.807) is 0 Å². The number of methoxy groups -OCH3 is 1. The van der Waals surface area contributed by atoms with Crippen molar-refractivity contribution in [2.45, 2.75) is 41.0 Å². The van der Waals surface area contributed by atoms with Crippen LogP contribution in [0.1, 0.15) is 41.0 Å². The van der Waals surface area contributed by atoms with E-state index in [0.29, 0.717) is 13.0 Å². The number of carbonyl (C=O) groups is 2. The molecule has 0 atom stereocenters. The smallest absolute Gasteiger partial charge is 0.311 e. The van der Waals surface area contributed by atoms with Crippen molar-refractivity contribution < 1.29 is 14.3 Å². The van der Waals surface area contributed by atoms with Gasteiger partial charge in [-0.25, -0.2) is 0 Å². The topological polar surface area (TPSA) is 55.4 Å². The van der Waals surface area contributed by atoms with Crippen LogP contribution >= 0.6 is 0 Å². The van der Waals surface area contributed by atoms with Gasteiger partial charge >= 0.3 is 5.97 Å². The molecule has 0 fully saturated rings. The minimum absolute atomic E-state index is 0.0519. The first kappa shape index (κ1) is 14.9. The first-order valence-electron chi connectivity index (χ1n) is 5.43. The molecule has 0 rings (SSSR count). The van der Waals surface area contributed by atoms with E-state index in [0.717, 1.165) is 0 Å². The molecule has 4 nitrogen and oxygen atoms in total. The van der Waals surface area contributed by atoms with Gasteiger partial charge < -0.3 is 10.1 Å². The summed E-state index contributed by atoms with van der Waals surface area (Å²) < 4.78 is 4.76. The summed E-state index contributed by atoms with van der Waals surface area (Å²) in [6, 6.07) is 0. The second-order valence-electron chi connectivity index (χ2n) is 5.63. The zero-order valence-corrected chi connectivity index (χ0v) is 11.1. The number of carbonyl (C=O) groups excluding carboxylic acids is 2. The Morgan fingerprint density at radius 3 is 2.06 bits per heavy atom. The summed E-state index contributed by atoms with van der Waals surface area (Å²) in [5, 5.41) is 2.77. The highest BCUT2D eigenvalue weighted by Crippen LogP contribution is 2.34. The molecule has 0 aromatic heterocycles. The molecule has 0 aliphatic heterocycles. The van der Waals surface area contributed by atoms with Crippen LogP contribution in [-0.4, -0.2) is 25.5 Å². The summed E-state index contributed by atoms with van der Waals surface area (Å²) in [6.45, 7) is 9.80. The molecule has 4 heteroatoms. The minimum atomic E-state index is -0.531. The number of rotatable bonds is 5. The molecular formula is C12H23NO3. The summed E-state index contributed by atoms with van der Waals surface area (Å²) in [5.41, 5.74) is -0.667. The molecule has 0 unspecified atom stereocenters. The molecule has 0 saturated carbocycles. The highest BCUT2D eigenvalue weighted by Gasteiger charge is 2.35. The standard InChI is InChI=1S/C12H23NO3/c1-9(14)13-8-11(2,3)7-12(4,5)10(15)16-6/h7-8H2,1-6H3,(H,13,14). The van der Waals surface area contributed by atoms with Gasteiger partial charge in [0.15, 0.2) is 0 Å². The fourth-order valence-corrected chi connectivity index (χ4v) is 1.97. The van der Waals surface area contributed by atoms with Crippen molar-refractivity contribution in [1.29, 1.82) is 0 Å². The van der Waals surface area contributed by atoms with Gasteiger partial charge in [0.2, 0.25) is 5.91 Å². The summed E-state index contributed by atoms with van der Waals surface area (Å²) >= 11 is 0. The maximum absolute atomic E-state index is 11.5. The van der Waals surface area contributed by atoms with Crippen LogP contribution in [-0.2, 0) is 14.3 Å². The summed E-state index contributed by atoms with van der Waals surface area (Å²) in [4.78, 5) is 22.4. The molecule has 0 aromatic carbocycles. The van der Waals surface area contributed by atoms with Gasteiger partial charge in [-0.2, -0.15) is 0 Å². The molecule has 0 saturated heterocycles. The number of hydrogen-bond donors (Lipinski definition) is 1. The Morgan fingerprint density at radius 1 is 1.19 bits per heavy atom. The molecule has 0 bridgehead atoms. The zero-order valence-electron chi connectivity index (χ0n) is 11.1. The van der Waals surface area contributed by atoms with Crippen molar-refractivity contribution >= 4 is 11.9 Å². The van der Waals surface area contributed by atoms with Crippen molar-refractivity contribution in [3.63, 3.8) is 0 Å². The van der Waals surface area contributed by atoms with Crippen LogP contribution < -0.4 is 5.32 Å². The van der Waals surface area contributed by atoms with Crippen molar-refractivity contribution in [2.75, 3.05) is 13.7 Å². The lowest BCUT2D eigenvalue weighted by atomic mass is 9.75. The molecule has 0 heterocycles. The molecule has 0 radical (unpaired) electrons. The van der Waals surface area contributed by atoms with E-state index in [4.69, 9.17) is 4.74 Å². The molecule has 0 aliphatic carbocycles. The maximum atomic E-state index is 11.5. The number of amides is 1. The van der Waals surface area contributed by atoms with Crippen LogP contribution in [0.15, 0.2) is 0 Å². The van der Waals surface area contributed by atoms with Gasteiger partial charge in [0, 0.05) is 13.5 Å². The summed E-state index contributed by atoms with van der Waals surface area (Å²) in [7, 11) is 1.39. The van der Waals surface area contributed by atoms with Gasteiger partial charge in [-0.1, -0.05) is 13.8 Å². The monoisotopic (exact) mass is 229 g/mol. The Morgan fingerprint density at radius 2 is 1.69 bits per heavy atom. The van der Waals surface area contributed by atoms with Gasteiger partial charge in [-0.15, -0.1) is 0 Å². The lowest BCUT2D eigenvalue weighted by molar-refractivity contribution is -0.152. The fourth-order valence-electron chi connectivity index (χ4n) is 1.97. The highest BCUT2D eigenvalue weighted by atomic mass is 16.5. The van der Waals surface area contributed by atoms with Crippen molar-refractivity contribution in [3.8, 4) is 0 Å². The molecule has 94 valence electrons. The van der Waals surface area contributed by atoms with Crippen LogP contribution in [0.5, 0.6) is 0 Å². The summed E-state index contributed by atoms with van der Waals surface area (Å²) in [5.74, 6) is -0.271. The third-order valence-corrected chi connectivity index (χ3v) is 2.47. The predicted molar refractivity (Wildman–Crippen MR) is 62.9 cm³/mol. The fraction of sp³-hybridized carbons (Fsp3) is 0.833. The van der Waals surface area contributed by atoms with Crippen LogP contribution in [0.4, 0.5) is 0 Å². The van der Waals surface area contributed by atoms with E-state index < -0.39 is 5.41 Å². The maximum Gasteiger partial charge on any atom is 0.311 e. The zero-order chi connectivity index (χ0) is 13.0. The average molecular weight is 229 g/mol. The number of esters is 1. The third kappa shape index (κ3) is 5.14. The first-order chi connectivity index (χ1) is 7.10. The van der Waals surface area contributed by atoms with Crippen molar-refractivity contribution in [2.24, 2.45) is 10.8 Å². The summed E-state index contributed by atoms with van der Waals surface area (Å²) in [6.07, 6.45) is 0.660. The predicted octanol–water partition coefficient (Wildman–Crippen LogP) is 1.74. The van der Waals surface area contributed by atoms with Crippen LogP contribution in [0.3, 0.4) is 0 Å². The van der Waals surface area contributed by atoms with Crippen LogP contribution in [0.2, 0.25) is 0 Å². The lowest BCUT2D eigenvalue weighted by Gasteiger charge is -2.33. The van der Waals surface area contributed by atoms with Gasteiger partial charge in [-0.3, -0.25) is 9.59 Å². The van der Waals surface area contributed by atoms with Gasteiger partial charge in [0.25, 0.3) is 0 Å². The quantitative estimate of drug-likeness (QED) is 0.730. The van der Waals surface area contributed by atoms with E-state index in [9.17, 15) is 9.59 Å². The molecule has 16 heavy (non-hydrogen) atoms. The van der Waals surface area contributed by atoms with Crippen molar-refractivity contribution in [1.82, 2.24) is 5.32 Å². The lowest BCUT2D eigenvalue weighted by Crippen LogP contribution is -2.38. The van der Waals surface area contributed by atoms with E-state index in [2.05, 4.69) is 5.32 Å². The number of nitrogens with one attached hydrogen (secondary N) is 1. The highest BCUT2D eigenvalue weighted by molar-refractivity contribution is 5.76. The molecule has 1 amide bonds. The molecular weight excluding hydrogens is 206 g/mol. The Kier molecular flexibility index (Phi) is 4.97. The second-order valence-corrected chi connectivity index (χ2v) is 5.63.